The van der Waals surface area contributed by atoms with Gasteiger partial charge in [0.2, 0.25) is 5.91 Å². The van der Waals surface area contributed by atoms with Crippen LogP contribution in [0.2, 0.25) is 0 Å². The molecular formula is C14H22BrN3O. The Morgan fingerprint density at radius 2 is 2.11 bits per heavy atom. The molecule has 106 valence electrons. The van der Waals surface area contributed by atoms with Gasteiger partial charge in [0.25, 0.3) is 0 Å². The van der Waals surface area contributed by atoms with Crippen molar-refractivity contribution in [1.82, 2.24) is 0 Å². The minimum atomic E-state index is -0.847. The molecule has 5 heteroatoms. The molecule has 19 heavy (non-hydrogen) atoms. The number of amides is 1. The molecule has 0 fully saturated rings. The maximum absolute atomic E-state index is 12.2. The largest absolute Gasteiger partial charge is 0.376 e. The Kier molecular flexibility index (Phi) is 5.38. The predicted molar refractivity (Wildman–Crippen MR) is 84.6 cm³/mol. The van der Waals surface area contributed by atoms with E-state index in [1.807, 2.05) is 44.1 Å². The Hall–Kier alpha value is -1.07. The lowest BCUT2D eigenvalue weighted by Gasteiger charge is -2.25. The summed E-state index contributed by atoms with van der Waals surface area (Å²) in [5, 5.41) is 2.92. The molecule has 0 saturated heterocycles. The highest BCUT2D eigenvalue weighted by Gasteiger charge is 2.27. The molecule has 4 nitrogen and oxygen atoms in total. The van der Waals surface area contributed by atoms with Crippen molar-refractivity contribution in [3.63, 3.8) is 0 Å². The number of nitrogens with two attached hydrogens (primary N) is 1. The zero-order valence-corrected chi connectivity index (χ0v) is 13.5. The molecule has 0 bridgehead atoms. The molecule has 1 atom stereocenters. The number of halogens is 1. The molecule has 0 heterocycles. The van der Waals surface area contributed by atoms with E-state index >= 15 is 0 Å². The quantitative estimate of drug-likeness (QED) is 0.874. The van der Waals surface area contributed by atoms with Crippen molar-refractivity contribution in [2.75, 3.05) is 24.3 Å². The predicted octanol–water partition coefficient (Wildman–Crippen LogP) is 2.97. The van der Waals surface area contributed by atoms with Crippen LogP contribution < -0.4 is 16.0 Å². The monoisotopic (exact) mass is 327 g/mol. The lowest BCUT2D eigenvalue weighted by Crippen LogP contribution is -2.48. The second-order valence-electron chi connectivity index (χ2n) is 5.18. The van der Waals surface area contributed by atoms with Crippen LogP contribution in [0, 0.1) is 0 Å². The van der Waals surface area contributed by atoms with Crippen LogP contribution in [0.4, 0.5) is 11.4 Å². The van der Waals surface area contributed by atoms with Gasteiger partial charge in [-0.1, -0.05) is 29.3 Å². The molecule has 1 rings (SSSR count). The highest BCUT2D eigenvalue weighted by Crippen LogP contribution is 2.28. The fourth-order valence-corrected chi connectivity index (χ4v) is 2.26. The van der Waals surface area contributed by atoms with Crippen molar-refractivity contribution in [1.29, 1.82) is 0 Å². The topological polar surface area (TPSA) is 58.4 Å². The van der Waals surface area contributed by atoms with Crippen LogP contribution >= 0.6 is 15.9 Å². The summed E-state index contributed by atoms with van der Waals surface area (Å²) in [6.07, 6.45) is 1.53. The Morgan fingerprint density at radius 1 is 1.47 bits per heavy atom. The first-order valence-electron chi connectivity index (χ1n) is 6.35. The van der Waals surface area contributed by atoms with E-state index in [1.165, 1.54) is 0 Å². The summed E-state index contributed by atoms with van der Waals surface area (Å²) in [6.45, 7) is 3.78. The Labute approximate surface area is 123 Å². The van der Waals surface area contributed by atoms with E-state index in [1.54, 1.807) is 6.92 Å². The average molecular weight is 328 g/mol. The Morgan fingerprint density at radius 3 is 2.63 bits per heavy atom. The lowest BCUT2D eigenvalue weighted by atomic mass is 9.96. The average Bonchev–Trinajstić information content (AvgIpc) is 2.28. The number of hydrogen-bond acceptors (Lipinski definition) is 3. The zero-order chi connectivity index (χ0) is 14.6. The van der Waals surface area contributed by atoms with Gasteiger partial charge in [-0.2, -0.15) is 0 Å². The van der Waals surface area contributed by atoms with Crippen molar-refractivity contribution in [3.05, 3.63) is 22.7 Å². The molecule has 1 amide bonds. The molecule has 0 aliphatic rings. The second-order valence-corrected chi connectivity index (χ2v) is 6.09. The van der Waals surface area contributed by atoms with E-state index < -0.39 is 5.54 Å². The number of nitrogens with zero attached hydrogens (tertiary/aromatic N) is 1. The van der Waals surface area contributed by atoms with E-state index in [9.17, 15) is 4.79 Å². The number of rotatable bonds is 5. The van der Waals surface area contributed by atoms with E-state index in [-0.39, 0.29) is 5.91 Å². The van der Waals surface area contributed by atoms with Crippen LogP contribution in [0.1, 0.15) is 26.7 Å². The number of nitrogens with one attached hydrogen (secondary N) is 1. The molecule has 1 unspecified atom stereocenters. The van der Waals surface area contributed by atoms with Crippen molar-refractivity contribution in [2.45, 2.75) is 32.2 Å². The van der Waals surface area contributed by atoms with Gasteiger partial charge in [-0.3, -0.25) is 4.79 Å². The van der Waals surface area contributed by atoms with Gasteiger partial charge in [0.15, 0.2) is 0 Å². The van der Waals surface area contributed by atoms with E-state index in [0.29, 0.717) is 6.42 Å². The van der Waals surface area contributed by atoms with Crippen LogP contribution in [0.15, 0.2) is 22.7 Å². The van der Waals surface area contributed by atoms with Crippen molar-refractivity contribution in [2.24, 2.45) is 5.73 Å². The molecule has 1 aromatic carbocycles. The third-order valence-electron chi connectivity index (χ3n) is 2.98. The number of carbonyl (C=O) groups excluding carboxylic acids is 1. The maximum atomic E-state index is 12.2. The van der Waals surface area contributed by atoms with E-state index in [2.05, 4.69) is 21.2 Å². The number of anilines is 2. The highest BCUT2D eigenvalue weighted by atomic mass is 79.9. The second kappa shape index (κ2) is 6.39. The molecular weight excluding hydrogens is 306 g/mol. The first-order valence-corrected chi connectivity index (χ1v) is 7.14. The fraction of sp³-hybridized carbons (Fsp3) is 0.500. The van der Waals surface area contributed by atoms with E-state index in [0.717, 1.165) is 22.3 Å². The lowest BCUT2D eigenvalue weighted by molar-refractivity contribution is -0.120. The summed E-state index contributed by atoms with van der Waals surface area (Å²) in [5.74, 6) is -0.157. The summed E-state index contributed by atoms with van der Waals surface area (Å²) in [4.78, 5) is 14.2. The smallest absolute Gasteiger partial charge is 0.244 e. The van der Waals surface area contributed by atoms with E-state index in [4.69, 9.17) is 5.73 Å². The van der Waals surface area contributed by atoms with Gasteiger partial charge in [0.1, 0.15) is 0 Å². The molecule has 1 aromatic rings. The number of benzene rings is 1. The number of carbonyl (C=O) groups is 1. The van der Waals surface area contributed by atoms with Gasteiger partial charge in [0, 0.05) is 18.6 Å². The van der Waals surface area contributed by atoms with Crippen molar-refractivity contribution >= 4 is 33.2 Å². The fourth-order valence-electron chi connectivity index (χ4n) is 1.90. The third-order valence-corrected chi connectivity index (χ3v) is 3.47. The van der Waals surface area contributed by atoms with Crippen LogP contribution in [0.3, 0.4) is 0 Å². The van der Waals surface area contributed by atoms with Crippen molar-refractivity contribution < 1.29 is 4.79 Å². The molecule has 0 aromatic heterocycles. The summed E-state index contributed by atoms with van der Waals surface area (Å²) in [6, 6.07) is 5.78. The molecule has 0 saturated carbocycles. The Balaban J connectivity index is 2.99. The van der Waals surface area contributed by atoms with Gasteiger partial charge in [-0.15, -0.1) is 0 Å². The molecule has 0 radical (unpaired) electrons. The van der Waals surface area contributed by atoms with Gasteiger partial charge in [0.05, 0.1) is 16.9 Å². The highest BCUT2D eigenvalue weighted by molar-refractivity contribution is 9.10. The Bertz CT molecular complexity index is 458. The summed E-state index contributed by atoms with van der Waals surface area (Å²) in [7, 11) is 3.87. The molecule has 0 aliphatic heterocycles. The van der Waals surface area contributed by atoms with Crippen LogP contribution in [0.25, 0.3) is 0 Å². The number of hydrogen-bond donors (Lipinski definition) is 2. The minimum absolute atomic E-state index is 0.157. The zero-order valence-electron chi connectivity index (χ0n) is 12.0. The maximum Gasteiger partial charge on any atom is 0.244 e. The first-order chi connectivity index (χ1) is 8.77. The normalized spacial score (nSPS) is 13.8. The van der Waals surface area contributed by atoms with Gasteiger partial charge in [-0.05, 0) is 31.5 Å². The molecule has 0 spiro atoms. The first kappa shape index (κ1) is 16.0. The third kappa shape index (κ3) is 4.21. The summed E-state index contributed by atoms with van der Waals surface area (Å²) in [5.41, 5.74) is 6.91. The molecule has 0 aliphatic carbocycles. The minimum Gasteiger partial charge on any atom is -0.376 e. The summed E-state index contributed by atoms with van der Waals surface area (Å²) >= 11 is 3.42. The van der Waals surface area contributed by atoms with Crippen LogP contribution in [0.5, 0.6) is 0 Å². The standard InChI is InChI=1S/C14H22BrN3O/c1-5-8-14(2,16)13(19)17-11-9-10(15)6-7-12(11)18(3)4/h6-7,9H,5,8,16H2,1-4H3,(H,17,19). The summed E-state index contributed by atoms with van der Waals surface area (Å²) < 4.78 is 0.919. The van der Waals surface area contributed by atoms with Gasteiger partial charge < -0.3 is 16.0 Å². The van der Waals surface area contributed by atoms with Crippen LogP contribution in [-0.4, -0.2) is 25.5 Å². The van der Waals surface area contributed by atoms with Gasteiger partial charge in [-0.25, -0.2) is 0 Å². The van der Waals surface area contributed by atoms with Crippen LogP contribution in [-0.2, 0) is 4.79 Å². The van der Waals surface area contributed by atoms with Crippen molar-refractivity contribution in [3.8, 4) is 0 Å². The molecule has 3 N–H and O–H groups in total. The van der Waals surface area contributed by atoms with Gasteiger partial charge >= 0.3 is 0 Å². The SMILES string of the molecule is CCCC(C)(N)C(=O)Nc1cc(Br)ccc1N(C)C.